The predicted molar refractivity (Wildman–Crippen MR) is 363 cm³/mol. The van der Waals surface area contributed by atoms with Crippen molar-refractivity contribution in [2.24, 2.45) is 23.7 Å². The zero-order chi connectivity index (χ0) is 66.8. The molecule has 0 fully saturated rings. The van der Waals surface area contributed by atoms with Crippen LogP contribution in [0.25, 0.3) is 0 Å². The molecule has 0 saturated carbocycles. The Labute approximate surface area is 549 Å². The van der Waals surface area contributed by atoms with Crippen LogP contribution in [0.3, 0.4) is 0 Å². The number of carbonyl (C=O) groups excluding carboxylic acids is 4. The van der Waals surface area contributed by atoms with E-state index in [0.717, 1.165) is 108 Å². The maximum absolute atomic E-state index is 13.0. The van der Waals surface area contributed by atoms with E-state index in [0.29, 0.717) is 37.5 Å². The number of esters is 4. The van der Waals surface area contributed by atoms with Crippen LogP contribution in [0.4, 0.5) is 0 Å². The molecule has 0 heterocycles. The summed E-state index contributed by atoms with van der Waals surface area (Å²) in [7, 11) is -9.90. The molecule has 5 atom stereocenters. The minimum absolute atomic E-state index is 0.102. The minimum Gasteiger partial charge on any atom is -0.462 e. The summed E-state index contributed by atoms with van der Waals surface area (Å²) < 4.78 is 68.2. The second-order valence-electron chi connectivity index (χ2n) is 27.5. The first-order chi connectivity index (χ1) is 43.1. The van der Waals surface area contributed by atoms with Crippen molar-refractivity contribution in [3.05, 3.63) is 0 Å². The van der Waals surface area contributed by atoms with Gasteiger partial charge in [0.25, 0.3) is 0 Å². The normalized spacial score (nSPS) is 14.3. The van der Waals surface area contributed by atoms with Crippen molar-refractivity contribution in [3.8, 4) is 0 Å². The van der Waals surface area contributed by atoms with Gasteiger partial charge >= 0.3 is 39.5 Å². The highest BCUT2D eigenvalue weighted by atomic mass is 31.2. The Morgan fingerprint density at radius 1 is 0.278 bits per heavy atom. The molecule has 0 aliphatic heterocycles. The average molecular weight is 1330 g/mol. The van der Waals surface area contributed by atoms with E-state index >= 15 is 0 Å². The van der Waals surface area contributed by atoms with Gasteiger partial charge in [-0.3, -0.25) is 37.3 Å². The van der Waals surface area contributed by atoms with Crippen LogP contribution in [0, 0.1) is 23.7 Å². The van der Waals surface area contributed by atoms with Crippen LogP contribution in [0.2, 0.25) is 0 Å². The molecule has 3 N–H and O–H groups in total. The quantitative estimate of drug-likeness (QED) is 0.0222. The fraction of sp³-hybridized carbons (Fsp3) is 0.944. The molecule has 3 unspecified atom stereocenters. The zero-order valence-corrected chi connectivity index (χ0v) is 60.6. The van der Waals surface area contributed by atoms with E-state index in [1.165, 1.54) is 148 Å². The molecule has 90 heavy (non-hydrogen) atoms. The summed E-state index contributed by atoms with van der Waals surface area (Å²) in [5.74, 6) is 0.789. The first-order valence-corrected chi connectivity index (χ1v) is 39.7. The number of aliphatic hydroxyl groups is 1. The van der Waals surface area contributed by atoms with Crippen LogP contribution < -0.4 is 0 Å². The standard InChI is InChI=1S/C71H138O17P2/c1-61(2)47-39-31-23-18-15-13-11-9-10-12-14-16-20-26-35-43-51-68(73)81-58-67(88-71(76)54-46-38-30-29-34-42-50-64(7)8)60-86-90(79,80)84-56-65(72)55-83-89(77,78)85-59-66(57-82-69(74)52-44-36-28-22-25-33-41-49-63(5)6)87-70(75)53-45-37-27-21-17-19-24-32-40-48-62(3)4/h61-67,72H,9-60H2,1-8H3,(H,77,78)(H,79,80)/t65?,66-,67-/m1/s1. The Hall–Kier alpha value is -1.94. The van der Waals surface area contributed by atoms with Gasteiger partial charge in [-0.2, -0.15) is 0 Å². The second-order valence-corrected chi connectivity index (χ2v) is 30.4. The van der Waals surface area contributed by atoms with E-state index < -0.39 is 97.5 Å². The largest absolute Gasteiger partial charge is 0.472 e. The maximum Gasteiger partial charge on any atom is 0.472 e. The molecule has 0 saturated heterocycles. The van der Waals surface area contributed by atoms with E-state index in [9.17, 15) is 43.2 Å². The van der Waals surface area contributed by atoms with Gasteiger partial charge in [-0.25, -0.2) is 9.13 Å². The number of ether oxygens (including phenoxy) is 4. The van der Waals surface area contributed by atoms with E-state index in [-0.39, 0.29) is 25.7 Å². The number of phosphoric acid groups is 2. The molecule has 534 valence electrons. The number of hydrogen-bond acceptors (Lipinski definition) is 15. The number of rotatable bonds is 68. The Kier molecular flexibility index (Phi) is 59.4. The smallest absolute Gasteiger partial charge is 0.462 e. The van der Waals surface area contributed by atoms with Gasteiger partial charge < -0.3 is 33.8 Å². The van der Waals surface area contributed by atoms with Gasteiger partial charge in [-0.05, 0) is 49.4 Å². The molecule has 0 aromatic carbocycles. The Bertz CT molecular complexity index is 1780. The summed E-state index contributed by atoms with van der Waals surface area (Å²) in [5, 5.41) is 10.6. The first-order valence-electron chi connectivity index (χ1n) is 36.7. The third-order valence-electron chi connectivity index (χ3n) is 16.3. The molecule has 0 aliphatic rings. The molecular weight excluding hydrogens is 1190 g/mol. The van der Waals surface area contributed by atoms with E-state index in [1.54, 1.807) is 0 Å². The maximum atomic E-state index is 13.0. The predicted octanol–water partition coefficient (Wildman–Crippen LogP) is 20.1. The first kappa shape index (κ1) is 88.1. The lowest BCUT2D eigenvalue weighted by molar-refractivity contribution is -0.161. The molecule has 0 rings (SSSR count). The SMILES string of the molecule is CC(C)CCCCCCCCCCCCCCCCCCC(=O)OC[C@H](COP(=O)(O)OCC(O)COP(=O)(O)OC[C@@H](COC(=O)CCCCCCCCCC(C)C)OC(=O)CCCCCCCCCCCC(C)C)OC(=O)CCCCCCCCC(C)C. The molecule has 0 aromatic rings. The van der Waals surface area contributed by atoms with Crippen LogP contribution in [0.15, 0.2) is 0 Å². The van der Waals surface area contributed by atoms with E-state index in [1.807, 2.05) is 0 Å². The van der Waals surface area contributed by atoms with Crippen molar-refractivity contribution in [1.82, 2.24) is 0 Å². The average Bonchev–Trinajstić information content (AvgIpc) is 2.78. The summed E-state index contributed by atoms with van der Waals surface area (Å²) in [6, 6.07) is 0. The van der Waals surface area contributed by atoms with Crippen LogP contribution in [-0.4, -0.2) is 96.7 Å². The number of phosphoric ester groups is 2. The molecule has 17 nitrogen and oxygen atoms in total. The molecular formula is C71H138O17P2. The van der Waals surface area contributed by atoms with Gasteiger partial charge in [0, 0.05) is 25.7 Å². The van der Waals surface area contributed by atoms with Crippen molar-refractivity contribution in [1.29, 1.82) is 0 Å². The Balaban J connectivity index is 5.15. The molecule has 0 aliphatic carbocycles. The van der Waals surface area contributed by atoms with Crippen molar-refractivity contribution < 1.29 is 80.2 Å². The van der Waals surface area contributed by atoms with Gasteiger partial charge in [-0.15, -0.1) is 0 Å². The van der Waals surface area contributed by atoms with E-state index in [2.05, 4.69) is 55.4 Å². The summed E-state index contributed by atoms with van der Waals surface area (Å²) >= 11 is 0. The number of hydrogen-bond donors (Lipinski definition) is 3. The lowest BCUT2D eigenvalue weighted by Crippen LogP contribution is -2.30. The molecule has 0 aromatic heterocycles. The summed E-state index contributed by atoms with van der Waals surface area (Å²) in [6.07, 6.45) is 43.5. The molecule has 19 heteroatoms. The van der Waals surface area contributed by atoms with Crippen LogP contribution in [0.1, 0.15) is 351 Å². The summed E-state index contributed by atoms with van der Waals surface area (Å²) in [5.41, 5.74) is 0. The Morgan fingerprint density at radius 2 is 0.467 bits per heavy atom. The lowest BCUT2D eigenvalue weighted by atomic mass is 10.0. The monoisotopic (exact) mass is 1320 g/mol. The highest BCUT2D eigenvalue weighted by Gasteiger charge is 2.30. The van der Waals surface area contributed by atoms with E-state index in [4.69, 9.17) is 37.0 Å². The molecule has 0 radical (unpaired) electrons. The molecule has 0 bridgehead atoms. The van der Waals surface area contributed by atoms with Gasteiger partial charge in [0.2, 0.25) is 0 Å². The molecule has 0 spiro atoms. The van der Waals surface area contributed by atoms with Crippen molar-refractivity contribution in [3.63, 3.8) is 0 Å². The van der Waals surface area contributed by atoms with Crippen molar-refractivity contribution in [2.45, 2.75) is 369 Å². The number of aliphatic hydroxyl groups excluding tert-OH is 1. The van der Waals surface area contributed by atoms with Crippen LogP contribution in [-0.2, 0) is 65.4 Å². The number of unbranched alkanes of at least 4 members (excludes halogenated alkanes) is 34. The Morgan fingerprint density at radius 3 is 0.689 bits per heavy atom. The fourth-order valence-corrected chi connectivity index (χ4v) is 12.2. The van der Waals surface area contributed by atoms with Gasteiger partial charge in [0.1, 0.15) is 19.3 Å². The number of carbonyl (C=O) groups is 4. The summed E-state index contributed by atoms with van der Waals surface area (Å²) in [6.45, 7) is 14.0. The van der Waals surface area contributed by atoms with Crippen LogP contribution in [0.5, 0.6) is 0 Å². The third-order valence-corrected chi connectivity index (χ3v) is 18.2. The van der Waals surface area contributed by atoms with Crippen LogP contribution >= 0.6 is 15.6 Å². The van der Waals surface area contributed by atoms with Gasteiger partial charge in [0.05, 0.1) is 26.4 Å². The van der Waals surface area contributed by atoms with Gasteiger partial charge in [-0.1, -0.05) is 299 Å². The minimum atomic E-state index is -4.95. The summed E-state index contributed by atoms with van der Waals surface area (Å²) in [4.78, 5) is 72.5. The third kappa shape index (κ3) is 64.8. The van der Waals surface area contributed by atoms with Crippen molar-refractivity contribution >= 4 is 39.5 Å². The highest BCUT2D eigenvalue weighted by molar-refractivity contribution is 7.47. The lowest BCUT2D eigenvalue weighted by Gasteiger charge is -2.21. The fourth-order valence-electron chi connectivity index (χ4n) is 10.7. The topological polar surface area (TPSA) is 237 Å². The second kappa shape index (κ2) is 60.7. The zero-order valence-electron chi connectivity index (χ0n) is 58.8. The van der Waals surface area contributed by atoms with Gasteiger partial charge in [0.15, 0.2) is 12.2 Å². The highest BCUT2D eigenvalue weighted by Crippen LogP contribution is 2.45. The molecule has 0 amide bonds. The van der Waals surface area contributed by atoms with Crippen molar-refractivity contribution in [2.75, 3.05) is 39.6 Å².